The van der Waals surface area contributed by atoms with Crippen molar-refractivity contribution >= 4 is 5.84 Å². The van der Waals surface area contributed by atoms with Crippen LogP contribution in [-0.2, 0) is 0 Å². The second-order valence-corrected chi connectivity index (χ2v) is 3.88. The van der Waals surface area contributed by atoms with Crippen LogP contribution in [0, 0.1) is 11.8 Å². The van der Waals surface area contributed by atoms with Gasteiger partial charge in [0.2, 0.25) is 0 Å². The van der Waals surface area contributed by atoms with E-state index in [9.17, 15) is 13.2 Å². The molecule has 8 heteroatoms. The Labute approximate surface area is 90.3 Å². The molecule has 2 atom stereocenters. The number of aliphatic hydroxyl groups excluding tert-OH is 1. The summed E-state index contributed by atoms with van der Waals surface area (Å²) >= 11 is 0. The van der Waals surface area contributed by atoms with Gasteiger partial charge in [0.15, 0.2) is 5.84 Å². The van der Waals surface area contributed by atoms with E-state index >= 15 is 0 Å². The topological polar surface area (TPSA) is 82.1 Å². The molecular weight excluding hydrogens is 227 g/mol. The molecule has 1 saturated heterocycles. The standard InChI is InChI=1S/C8H14F3N3O2/c9-8(10,11)6-2-14(1-5(6)4-15)3-7(12)13-16/h5-6,15-16H,1-4H2,(H2,12,13)/t5-,6+/m0/s1. The number of aliphatic hydroxyl groups is 1. The number of oxime groups is 1. The zero-order valence-corrected chi connectivity index (χ0v) is 8.48. The van der Waals surface area contributed by atoms with Crippen molar-refractivity contribution in [3.05, 3.63) is 0 Å². The van der Waals surface area contributed by atoms with Crippen LogP contribution in [0.1, 0.15) is 0 Å². The van der Waals surface area contributed by atoms with Gasteiger partial charge in [0.25, 0.3) is 0 Å². The molecule has 1 fully saturated rings. The number of nitrogens with zero attached hydrogens (tertiary/aromatic N) is 2. The van der Waals surface area contributed by atoms with Crippen LogP contribution in [0.4, 0.5) is 13.2 Å². The molecule has 0 aromatic carbocycles. The number of hydrogen-bond donors (Lipinski definition) is 3. The molecule has 0 amide bonds. The highest BCUT2D eigenvalue weighted by Gasteiger charge is 2.49. The average molecular weight is 241 g/mol. The number of rotatable bonds is 3. The second-order valence-electron chi connectivity index (χ2n) is 3.88. The van der Waals surface area contributed by atoms with Gasteiger partial charge in [0.05, 0.1) is 12.5 Å². The Morgan fingerprint density at radius 3 is 2.44 bits per heavy atom. The summed E-state index contributed by atoms with van der Waals surface area (Å²) in [5, 5.41) is 19.9. The molecule has 0 aliphatic carbocycles. The van der Waals surface area contributed by atoms with Crippen molar-refractivity contribution in [2.24, 2.45) is 22.7 Å². The van der Waals surface area contributed by atoms with E-state index in [1.807, 2.05) is 0 Å². The summed E-state index contributed by atoms with van der Waals surface area (Å²) < 4.78 is 37.6. The van der Waals surface area contributed by atoms with E-state index in [1.165, 1.54) is 4.90 Å². The second kappa shape index (κ2) is 4.88. The Bertz CT molecular complexity index is 270. The normalized spacial score (nSPS) is 28.6. The lowest BCUT2D eigenvalue weighted by Gasteiger charge is -2.19. The lowest BCUT2D eigenvalue weighted by Crippen LogP contribution is -2.34. The SMILES string of the molecule is NC(CN1C[C@@H](CO)[C@H](C(F)(F)F)C1)=NO. The number of hydrogen-bond acceptors (Lipinski definition) is 4. The molecule has 16 heavy (non-hydrogen) atoms. The van der Waals surface area contributed by atoms with Gasteiger partial charge < -0.3 is 16.0 Å². The van der Waals surface area contributed by atoms with Gasteiger partial charge >= 0.3 is 6.18 Å². The van der Waals surface area contributed by atoms with Gasteiger partial charge in [-0.15, -0.1) is 0 Å². The van der Waals surface area contributed by atoms with Crippen molar-refractivity contribution in [2.75, 3.05) is 26.2 Å². The lowest BCUT2D eigenvalue weighted by atomic mass is 9.97. The van der Waals surface area contributed by atoms with Crippen LogP contribution in [0.5, 0.6) is 0 Å². The summed E-state index contributed by atoms with van der Waals surface area (Å²) in [6, 6.07) is 0. The van der Waals surface area contributed by atoms with Crippen molar-refractivity contribution in [1.29, 1.82) is 0 Å². The van der Waals surface area contributed by atoms with Crippen LogP contribution in [-0.4, -0.2) is 53.5 Å². The maximum Gasteiger partial charge on any atom is 0.393 e. The first kappa shape index (κ1) is 13.0. The predicted octanol–water partition coefficient (Wildman–Crippen LogP) is -0.165. The first-order chi connectivity index (χ1) is 7.38. The number of halogens is 3. The van der Waals surface area contributed by atoms with Crippen molar-refractivity contribution < 1.29 is 23.5 Å². The zero-order chi connectivity index (χ0) is 12.3. The Morgan fingerprint density at radius 2 is 2.06 bits per heavy atom. The van der Waals surface area contributed by atoms with Crippen LogP contribution in [0.15, 0.2) is 5.16 Å². The fourth-order valence-electron chi connectivity index (χ4n) is 1.91. The number of amidine groups is 1. The van der Waals surface area contributed by atoms with Gasteiger partial charge in [-0.1, -0.05) is 5.16 Å². The van der Waals surface area contributed by atoms with Gasteiger partial charge in [-0.2, -0.15) is 13.2 Å². The molecule has 0 bridgehead atoms. The van der Waals surface area contributed by atoms with E-state index < -0.39 is 24.6 Å². The minimum absolute atomic E-state index is 0.0282. The molecule has 0 aromatic heterocycles. The van der Waals surface area contributed by atoms with Crippen molar-refractivity contribution in [3.63, 3.8) is 0 Å². The van der Waals surface area contributed by atoms with E-state index in [0.29, 0.717) is 0 Å². The molecule has 0 saturated carbocycles. The lowest BCUT2D eigenvalue weighted by molar-refractivity contribution is -0.182. The van der Waals surface area contributed by atoms with Crippen LogP contribution in [0.2, 0.25) is 0 Å². The fourth-order valence-corrected chi connectivity index (χ4v) is 1.91. The van der Waals surface area contributed by atoms with E-state index in [0.717, 1.165) is 0 Å². The highest BCUT2D eigenvalue weighted by Crippen LogP contribution is 2.37. The van der Waals surface area contributed by atoms with Crippen LogP contribution >= 0.6 is 0 Å². The molecular formula is C8H14F3N3O2. The zero-order valence-electron chi connectivity index (χ0n) is 8.48. The van der Waals surface area contributed by atoms with Crippen molar-refractivity contribution in [1.82, 2.24) is 4.90 Å². The summed E-state index contributed by atoms with van der Waals surface area (Å²) in [5.41, 5.74) is 5.21. The van der Waals surface area contributed by atoms with Gasteiger partial charge in [-0.05, 0) is 0 Å². The molecule has 1 aliphatic heterocycles. The van der Waals surface area contributed by atoms with Crippen LogP contribution in [0.25, 0.3) is 0 Å². The molecule has 1 aliphatic rings. The minimum Gasteiger partial charge on any atom is -0.409 e. The maximum absolute atomic E-state index is 12.5. The minimum atomic E-state index is -4.33. The van der Waals surface area contributed by atoms with Gasteiger partial charge in [0.1, 0.15) is 0 Å². The molecule has 0 unspecified atom stereocenters. The van der Waals surface area contributed by atoms with Crippen molar-refractivity contribution in [2.45, 2.75) is 6.18 Å². The monoisotopic (exact) mass is 241 g/mol. The summed E-state index contributed by atoms with van der Waals surface area (Å²) in [6.45, 7) is -0.682. The van der Waals surface area contributed by atoms with Gasteiger partial charge in [0, 0.05) is 25.6 Å². The van der Waals surface area contributed by atoms with E-state index in [4.69, 9.17) is 16.0 Å². The summed E-state index contributed by atoms with van der Waals surface area (Å²) in [6.07, 6.45) is -4.33. The molecule has 4 N–H and O–H groups in total. The van der Waals surface area contributed by atoms with Crippen LogP contribution < -0.4 is 5.73 Å². The summed E-state index contributed by atoms with van der Waals surface area (Å²) in [4.78, 5) is 1.41. The predicted molar refractivity (Wildman–Crippen MR) is 50.0 cm³/mol. The third-order valence-corrected chi connectivity index (χ3v) is 2.69. The third-order valence-electron chi connectivity index (χ3n) is 2.69. The third kappa shape index (κ3) is 2.99. The molecule has 5 nitrogen and oxygen atoms in total. The number of nitrogens with two attached hydrogens (primary N) is 1. The quantitative estimate of drug-likeness (QED) is 0.277. The Balaban J connectivity index is 2.63. The number of likely N-dealkylation sites (tertiary alicyclic amines) is 1. The first-order valence-electron chi connectivity index (χ1n) is 4.74. The first-order valence-corrected chi connectivity index (χ1v) is 4.74. The Morgan fingerprint density at radius 1 is 1.44 bits per heavy atom. The summed E-state index contributed by atoms with van der Waals surface area (Å²) in [5.74, 6) is -2.53. The molecule has 94 valence electrons. The van der Waals surface area contributed by atoms with Gasteiger partial charge in [-0.25, -0.2) is 0 Å². The molecule has 1 rings (SSSR count). The van der Waals surface area contributed by atoms with Crippen LogP contribution in [0.3, 0.4) is 0 Å². The highest BCUT2D eigenvalue weighted by molar-refractivity contribution is 5.81. The fraction of sp³-hybridized carbons (Fsp3) is 0.875. The van der Waals surface area contributed by atoms with E-state index in [-0.39, 0.29) is 25.5 Å². The summed E-state index contributed by atoms with van der Waals surface area (Å²) in [7, 11) is 0. The molecule has 0 aromatic rings. The highest BCUT2D eigenvalue weighted by atomic mass is 19.4. The molecule has 0 spiro atoms. The maximum atomic E-state index is 12.5. The van der Waals surface area contributed by atoms with E-state index in [2.05, 4.69) is 5.16 Å². The van der Waals surface area contributed by atoms with E-state index in [1.54, 1.807) is 0 Å². The largest absolute Gasteiger partial charge is 0.409 e. The number of alkyl halides is 3. The Hall–Kier alpha value is -1.02. The van der Waals surface area contributed by atoms with Gasteiger partial charge in [-0.3, -0.25) is 4.90 Å². The smallest absolute Gasteiger partial charge is 0.393 e. The van der Waals surface area contributed by atoms with Crippen molar-refractivity contribution in [3.8, 4) is 0 Å². The Kier molecular flexibility index (Phi) is 3.98. The molecule has 1 heterocycles. The average Bonchev–Trinajstić information content (AvgIpc) is 2.60. The molecule has 0 radical (unpaired) electrons.